The summed E-state index contributed by atoms with van der Waals surface area (Å²) in [7, 11) is 3.84. The lowest BCUT2D eigenvalue weighted by atomic mass is 10.0. The van der Waals surface area contributed by atoms with Crippen molar-refractivity contribution < 1.29 is 18.8 Å². The number of nitrogens with one attached hydrogen (secondary N) is 2. The highest BCUT2D eigenvalue weighted by Gasteiger charge is 2.32. The second kappa shape index (κ2) is 10.7. The van der Waals surface area contributed by atoms with Gasteiger partial charge in [-0.3, -0.25) is 9.59 Å². The van der Waals surface area contributed by atoms with E-state index in [9.17, 15) is 14.0 Å². The number of hydrogen-bond acceptors (Lipinski definition) is 5. The molecule has 8 heteroatoms. The van der Waals surface area contributed by atoms with Gasteiger partial charge in [0.2, 0.25) is 12.0 Å². The SMILES string of the molecule is CN(C)CCNC(=O)[C@@H](Cc1ccccc1)NC(=O)[C@@H]1CC(c2cccc(F)c2)=NO1. The summed E-state index contributed by atoms with van der Waals surface area (Å²) in [6.45, 7) is 1.16. The van der Waals surface area contributed by atoms with Crippen molar-refractivity contribution in [1.29, 1.82) is 0 Å². The fraction of sp³-hybridized carbons (Fsp3) is 0.348. The first kappa shape index (κ1) is 22.4. The van der Waals surface area contributed by atoms with Crippen LogP contribution in [0.5, 0.6) is 0 Å². The fourth-order valence-electron chi connectivity index (χ4n) is 3.21. The normalized spacial score (nSPS) is 16.4. The minimum atomic E-state index is -0.869. The Labute approximate surface area is 181 Å². The first-order chi connectivity index (χ1) is 14.9. The predicted octanol–water partition coefficient (Wildman–Crippen LogP) is 1.72. The van der Waals surface area contributed by atoms with E-state index in [1.165, 1.54) is 12.1 Å². The topological polar surface area (TPSA) is 83.0 Å². The summed E-state index contributed by atoms with van der Waals surface area (Å²) in [6.07, 6.45) is -0.313. The molecule has 1 aliphatic rings. The first-order valence-electron chi connectivity index (χ1n) is 10.2. The van der Waals surface area contributed by atoms with Crippen LogP contribution in [0.15, 0.2) is 59.8 Å². The van der Waals surface area contributed by atoms with Crippen molar-refractivity contribution in [3.63, 3.8) is 0 Å². The Kier molecular flexibility index (Phi) is 7.72. The van der Waals surface area contributed by atoms with Gasteiger partial charge < -0.3 is 20.4 Å². The molecule has 2 aromatic carbocycles. The lowest BCUT2D eigenvalue weighted by Crippen LogP contribution is -2.51. The molecule has 31 heavy (non-hydrogen) atoms. The van der Waals surface area contributed by atoms with Crippen LogP contribution in [-0.4, -0.2) is 61.8 Å². The number of oxime groups is 1. The van der Waals surface area contributed by atoms with E-state index in [1.807, 2.05) is 49.3 Å². The van der Waals surface area contributed by atoms with Crippen molar-refractivity contribution in [1.82, 2.24) is 15.5 Å². The van der Waals surface area contributed by atoms with Gasteiger partial charge in [0.15, 0.2) is 0 Å². The van der Waals surface area contributed by atoms with Gasteiger partial charge in [-0.05, 0) is 31.8 Å². The van der Waals surface area contributed by atoms with E-state index in [1.54, 1.807) is 12.1 Å². The molecular weight excluding hydrogens is 399 g/mol. The summed E-state index contributed by atoms with van der Waals surface area (Å²) in [5.74, 6) is -1.08. The third kappa shape index (κ3) is 6.62. The van der Waals surface area contributed by atoms with Gasteiger partial charge in [0, 0.05) is 31.5 Å². The summed E-state index contributed by atoms with van der Waals surface area (Å²) < 4.78 is 13.5. The lowest BCUT2D eigenvalue weighted by Gasteiger charge is -2.20. The Bertz CT molecular complexity index is 933. The molecule has 7 nitrogen and oxygen atoms in total. The highest BCUT2D eigenvalue weighted by Crippen LogP contribution is 2.18. The van der Waals surface area contributed by atoms with E-state index in [2.05, 4.69) is 15.8 Å². The molecule has 0 aromatic heterocycles. The Morgan fingerprint density at radius 2 is 1.97 bits per heavy atom. The largest absolute Gasteiger partial charge is 0.382 e. The van der Waals surface area contributed by atoms with Gasteiger partial charge in [-0.25, -0.2) is 4.39 Å². The zero-order valence-corrected chi connectivity index (χ0v) is 17.7. The van der Waals surface area contributed by atoms with Gasteiger partial charge in [-0.1, -0.05) is 47.6 Å². The van der Waals surface area contributed by atoms with Gasteiger partial charge in [0.1, 0.15) is 11.9 Å². The molecule has 164 valence electrons. The number of halogens is 1. The molecule has 0 saturated heterocycles. The van der Waals surface area contributed by atoms with Crippen molar-refractivity contribution in [2.24, 2.45) is 5.16 Å². The van der Waals surface area contributed by atoms with Gasteiger partial charge in [-0.15, -0.1) is 0 Å². The van der Waals surface area contributed by atoms with Gasteiger partial charge in [0.25, 0.3) is 5.91 Å². The highest BCUT2D eigenvalue weighted by molar-refractivity contribution is 6.04. The number of carbonyl (C=O) groups excluding carboxylic acids is 2. The van der Waals surface area contributed by atoms with E-state index in [4.69, 9.17) is 4.84 Å². The molecule has 0 unspecified atom stereocenters. The Hall–Kier alpha value is -3.26. The molecule has 3 rings (SSSR count). The minimum absolute atomic E-state index is 0.204. The number of likely N-dealkylation sites (N-methyl/N-ethyl adjacent to an activating group) is 1. The van der Waals surface area contributed by atoms with Crippen LogP contribution in [-0.2, 0) is 20.8 Å². The average molecular weight is 426 g/mol. The number of benzene rings is 2. The molecular formula is C23H27FN4O3. The number of amides is 2. The second-order valence-electron chi connectivity index (χ2n) is 7.69. The quantitative estimate of drug-likeness (QED) is 0.640. The second-order valence-corrected chi connectivity index (χ2v) is 7.69. The van der Waals surface area contributed by atoms with Gasteiger partial charge in [-0.2, -0.15) is 0 Å². The standard InChI is InChI=1S/C23H27FN4O3/c1-28(2)12-11-25-22(29)20(13-16-7-4-3-5-8-16)26-23(30)21-15-19(27-31-21)17-9-6-10-18(24)14-17/h3-10,14,20-21H,11-13,15H2,1-2H3,(H,25,29)(H,26,30)/t20-,21+/m1/s1. The van der Waals surface area contributed by atoms with Crippen LogP contribution in [0.1, 0.15) is 17.5 Å². The fourth-order valence-corrected chi connectivity index (χ4v) is 3.21. The zero-order valence-electron chi connectivity index (χ0n) is 17.7. The van der Waals surface area contributed by atoms with E-state index in [-0.39, 0.29) is 18.1 Å². The number of hydrogen-bond donors (Lipinski definition) is 2. The van der Waals surface area contributed by atoms with E-state index < -0.39 is 18.1 Å². The van der Waals surface area contributed by atoms with Crippen LogP contribution >= 0.6 is 0 Å². The monoisotopic (exact) mass is 426 g/mol. The maximum atomic E-state index is 13.5. The summed E-state index contributed by atoms with van der Waals surface area (Å²) in [4.78, 5) is 32.8. The third-order valence-electron chi connectivity index (χ3n) is 4.89. The zero-order chi connectivity index (χ0) is 22.2. The summed E-state index contributed by atoms with van der Waals surface area (Å²) in [5, 5.41) is 9.59. The third-order valence-corrected chi connectivity index (χ3v) is 4.89. The number of rotatable bonds is 9. The van der Waals surface area contributed by atoms with Crippen molar-refractivity contribution in [2.75, 3.05) is 27.2 Å². The molecule has 0 bridgehead atoms. The molecule has 2 aromatic rings. The number of nitrogens with zero attached hydrogens (tertiary/aromatic N) is 2. The first-order valence-corrected chi connectivity index (χ1v) is 10.2. The Balaban J connectivity index is 1.63. The molecule has 2 N–H and O–H groups in total. The van der Waals surface area contributed by atoms with Crippen molar-refractivity contribution >= 4 is 17.5 Å². The lowest BCUT2D eigenvalue weighted by molar-refractivity contribution is -0.135. The van der Waals surface area contributed by atoms with Crippen molar-refractivity contribution in [2.45, 2.75) is 25.0 Å². The van der Waals surface area contributed by atoms with E-state index in [0.717, 1.165) is 5.56 Å². The predicted molar refractivity (Wildman–Crippen MR) is 116 cm³/mol. The van der Waals surface area contributed by atoms with Crippen molar-refractivity contribution in [3.8, 4) is 0 Å². The molecule has 2 amide bonds. The smallest absolute Gasteiger partial charge is 0.265 e. The Morgan fingerprint density at radius 1 is 1.19 bits per heavy atom. The maximum Gasteiger partial charge on any atom is 0.265 e. The van der Waals surface area contributed by atoms with Crippen LogP contribution in [0, 0.1) is 5.82 Å². The van der Waals surface area contributed by atoms with Crippen LogP contribution < -0.4 is 10.6 Å². The summed E-state index contributed by atoms with van der Waals surface area (Å²) >= 11 is 0. The average Bonchev–Trinajstić information content (AvgIpc) is 3.24. The Morgan fingerprint density at radius 3 is 2.68 bits per heavy atom. The molecule has 0 radical (unpaired) electrons. The molecule has 1 aliphatic heterocycles. The number of carbonyl (C=O) groups is 2. The summed E-state index contributed by atoms with van der Waals surface area (Å²) in [5.41, 5.74) is 1.99. The molecule has 0 saturated carbocycles. The molecule has 1 heterocycles. The van der Waals surface area contributed by atoms with Crippen molar-refractivity contribution in [3.05, 3.63) is 71.5 Å². The summed E-state index contributed by atoms with van der Waals surface area (Å²) in [6, 6.07) is 14.7. The molecule has 0 aliphatic carbocycles. The van der Waals surface area contributed by atoms with Crippen LogP contribution in [0.25, 0.3) is 0 Å². The van der Waals surface area contributed by atoms with E-state index in [0.29, 0.717) is 30.8 Å². The van der Waals surface area contributed by atoms with Crippen LogP contribution in [0.3, 0.4) is 0 Å². The maximum absolute atomic E-state index is 13.5. The highest BCUT2D eigenvalue weighted by atomic mass is 19.1. The molecule has 2 atom stereocenters. The van der Waals surface area contributed by atoms with Gasteiger partial charge >= 0.3 is 0 Å². The minimum Gasteiger partial charge on any atom is -0.382 e. The van der Waals surface area contributed by atoms with Crippen LogP contribution in [0.2, 0.25) is 0 Å². The molecule has 0 fully saturated rings. The van der Waals surface area contributed by atoms with Gasteiger partial charge in [0.05, 0.1) is 5.71 Å². The van der Waals surface area contributed by atoms with Crippen LogP contribution in [0.4, 0.5) is 4.39 Å². The molecule has 0 spiro atoms. The van der Waals surface area contributed by atoms with E-state index >= 15 is 0 Å².